The highest BCUT2D eigenvalue weighted by Crippen LogP contribution is 2.20. The van der Waals surface area contributed by atoms with E-state index in [2.05, 4.69) is 27.0 Å². The molecule has 4 heteroatoms. The molecule has 2 atom stereocenters. The van der Waals surface area contributed by atoms with Crippen molar-refractivity contribution in [2.75, 3.05) is 0 Å². The van der Waals surface area contributed by atoms with E-state index in [4.69, 9.17) is 0 Å². The smallest absolute Gasteiger partial charge is 0.311 e. The minimum Gasteiger partial charge on any atom is -0.481 e. The van der Waals surface area contributed by atoms with Gasteiger partial charge in [0.25, 0.3) is 0 Å². The van der Waals surface area contributed by atoms with Gasteiger partial charge in [-0.2, -0.15) is 0 Å². The van der Waals surface area contributed by atoms with Gasteiger partial charge >= 0.3 is 11.9 Å². The maximum absolute atomic E-state index is 11.9. The fourth-order valence-corrected chi connectivity index (χ4v) is 6.11. The third kappa shape index (κ3) is 33.5. The van der Waals surface area contributed by atoms with Crippen molar-refractivity contribution in [1.82, 2.24) is 0 Å². The van der Waals surface area contributed by atoms with Gasteiger partial charge in [0.05, 0.1) is 11.8 Å². The standard InChI is InChI=1S/C40H74O4.C2H4/c1-3-5-7-9-11-13-15-17-19-21-23-25-27-29-31-33-35-37(39(41)42)38(40(43)44)36-34-32-30-28-26-24-22-20-18-16-14-12-10-8-6-4-2;1-2/h33-38H,3-32H2,1-2H3,(H,41,42)(H,43,44);1-2H2. The van der Waals surface area contributed by atoms with Crippen molar-refractivity contribution >= 4 is 11.9 Å². The maximum atomic E-state index is 11.9. The van der Waals surface area contributed by atoms with E-state index in [1.54, 1.807) is 12.2 Å². The lowest BCUT2D eigenvalue weighted by molar-refractivity contribution is -0.149. The van der Waals surface area contributed by atoms with E-state index >= 15 is 0 Å². The van der Waals surface area contributed by atoms with Crippen molar-refractivity contribution in [3.8, 4) is 0 Å². The minimum absolute atomic E-state index is 0.816. The summed E-state index contributed by atoms with van der Waals surface area (Å²) in [4.78, 5) is 23.7. The third-order valence-electron chi connectivity index (χ3n) is 9.09. The second kappa shape index (κ2) is 39.3. The van der Waals surface area contributed by atoms with Gasteiger partial charge in [0.2, 0.25) is 0 Å². The Hall–Kier alpha value is -1.84. The Balaban J connectivity index is 0. The predicted octanol–water partition coefficient (Wildman–Crippen LogP) is 14.0. The second-order valence-electron chi connectivity index (χ2n) is 13.4. The van der Waals surface area contributed by atoms with Gasteiger partial charge in [0.15, 0.2) is 0 Å². The van der Waals surface area contributed by atoms with Crippen molar-refractivity contribution in [1.29, 1.82) is 0 Å². The second-order valence-corrected chi connectivity index (χ2v) is 13.4. The normalized spacial score (nSPS) is 12.7. The largest absolute Gasteiger partial charge is 0.481 e. The van der Waals surface area contributed by atoms with Gasteiger partial charge in [0, 0.05) is 0 Å². The zero-order chi connectivity index (χ0) is 34.4. The average molecular weight is 647 g/mol. The van der Waals surface area contributed by atoms with Gasteiger partial charge in [0.1, 0.15) is 0 Å². The van der Waals surface area contributed by atoms with Crippen LogP contribution in [-0.4, -0.2) is 22.2 Å². The van der Waals surface area contributed by atoms with Crippen molar-refractivity contribution in [3.63, 3.8) is 0 Å². The lowest BCUT2D eigenvalue weighted by atomic mass is 9.90. The molecule has 0 saturated carbocycles. The summed E-state index contributed by atoms with van der Waals surface area (Å²) in [6.45, 7) is 10.5. The van der Waals surface area contributed by atoms with Crippen molar-refractivity contribution in [2.45, 2.75) is 206 Å². The van der Waals surface area contributed by atoms with Crippen LogP contribution in [0.1, 0.15) is 206 Å². The van der Waals surface area contributed by atoms with Gasteiger partial charge in [-0.1, -0.05) is 205 Å². The summed E-state index contributed by atoms with van der Waals surface area (Å²) in [5, 5.41) is 19.4. The fourth-order valence-electron chi connectivity index (χ4n) is 6.11. The van der Waals surface area contributed by atoms with Crippen LogP contribution in [0, 0.1) is 11.8 Å². The summed E-state index contributed by atoms with van der Waals surface area (Å²) in [6, 6.07) is 0. The molecule has 2 unspecified atom stereocenters. The maximum Gasteiger partial charge on any atom is 0.311 e. The van der Waals surface area contributed by atoms with Crippen LogP contribution in [-0.2, 0) is 9.59 Å². The molecule has 0 fully saturated rings. The van der Waals surface area contributed by atoms with Crippen LogP contribution < -0.4 is 0 Å². The fraction of sp³-hybridized carbons (Fsp3) is 0.810. The van der Waals surface area contributed by atoms with E-state index in [1.807, 2.05) is 12.2 Å². The summed E-state index contributed by atoms with van der Waals surface area (Å²) >= 11 is 0. The Morgan fingerprint density at radius 2 is 0.609 bits per heavy atom. The Morgan fingerprint density at radius 1 is 0.413 bits per heavy atom. The number of aliphatic carboxylic acids is 2. The van der Waals surface area contributed by atoms with E-state index in [-0.39, 0.29) is 0 Å². The molecule has 0 aliphatic heterocycles. The van der Waals surface area contributed by atoms with Gasteiger partial charge in [-0.3, -0.25) is 9.59 Å². The van der Waals surface area contributed by atoms with Crippen molar-refractivity contribution in [2.24, 2.45) is 11.8 Å². The number of hydrogen-bond donors (Lipinski definition) is 2. The Bertz CT molecular complexity index is 640. The molecule has 0 saturated heterocycles. The first-order chi connectivity index (χ1) is 22.5. The van der Waals surface area contributed by atoms with Crippen LogP contribution in [0.4, 0.5) is 0 Å². The summed E-state index contributed by atoms with van der Waals surface area (Å²) in [6.07, 6.45) is 45.5. The number of rotatable bonds is 35. The molecule has 0 bridgehead atoms. The SMILES string of the molecule is C=C.CCCCCCCCCCCCCCCCC=CC(C(=O)O)C(C=CCCCCCCCCCCCCCCCC)C(=O)O. The van der Waals surface area contributed by atoms with Crippen molar-refractivity contribution in [3.05, 3.63) is 37.5 Å². The summed E-state index contributed by atoms with van der Waals surface area (Å²) in [5.41, 5.74) is 0. The molecular weight excluding hydrogens is 568 g/mol. The van der Waals surface area contributed by atoms with Gasteiger partial charge in [-0.15, -0.1) is 13.2 Å². The number of carboxylic acids is 2. The molecule has 0 radical (unpaired) electrons. The van der Waals surface area contributed by atoms with Crippen LogP contribution in [0.3, 0.4) is 0 Å². The molecule has 4 nitrogen and oxygen atoms in total. The molecule has 0 aromatic heterocycles. The number of carboxylic acid groups (broad SMARTS) is 2. The monoisotopic (exact) mass is 647 g/mol. The molecule has 0 heterocycles. The first-order valence-corrected chi connectivity index (χ1v) is 19.8. The minimum atomic E-state index is -1.06. The predicted molar refractivity (Wildman–Crippen MR) is 202 cm³/mol. The summed E-state index contributed by atoms with van der Waals surface area (Å²) < 4.78 is 0. The van der Waals surface area contributed by atoms with Crippen LogP contribution in [0.2, 0.25) is 0 Å². The highest BCUT2D eigenvalue weighted by atomic mass is 16.4. The highest BCUT2D eigenvalue weighted by Gasteiger charge is 2.29. The summed E-state index contributed by atoms with van der Waals surface area (Å²) in [5.74, 6) is -4.13. The molecule has 0 aromatic rings. The van der Waals surface area contributed by atoms with E-state index in [0.717, 1.165) is 38.5 Å². The van der Waals surface area contributed by atoms with Crippen molar-refractivity contribution < 1.29 is 19.8 Å². The van der Waals surface area contributed by atoms with Crippen LogP contribution in [0.15, 0.2) is 37.5 Å². The topological polar surface area (TPSA) is 74.6 Å². The van der Waals surface area contributed by atoms with Gasteiger partial charge in [-0.05, 0) is 25.7 Å². The molecule has 0 aromatic carbocycles. The van der Waals surface area contributed by atoms with Gasteiger partial charge < -0.3 is 10.2 Å². The molecule has 0 rings (SSSR count). The third-order valence-corrected chi connectivity index (χ3v) is 9.09. The van der Waals surface area contributed by atoms with E-state index in [9.17, 15) is 19.8 Å². The van der Waals surface area contributed by atoms with E-state index in [0.29, 0.717) is 0 Å². The van der Waals surface area contributed by atoms with Crippen LogP contribution >= 0.6 is 0 Å². The molecule has 0 spiro atoms. The number of allylic oxidation sites excluding steroid dienone is 2. The Labute approximate surface area is 287 Å². The van der Waals surface area contributed by atoms with Crippen LogP contribution in [0.5, 0.6) is 0 Å². The summed E-state index contributed by atoms with van der Waals surface area (Å²) in [7, 11) is 0. The number of carbonyl (C=O) groups is 2. The lowest BCUT2D eigenvalue weighted by Crippen LogP contribution is -2.27. The Morgan fingerprint density at radius 3 is 0.804 bits per heavy atom. The molecular formula is C42H78O4. The Kier molecular flexibility index (Phi) is 39.6. The number of hydrogen-bond acceptors (Lipinski definition) is 2. The van der Waals surface area contributed by atoms with E-state index in [1.165, 1.54) is 154 Å². The van der Waals surface area contributed by atoms with Crippen LogP contribution in [0.25, 0.3) is 0 Å². The molecule has 2 N–H and O–H groups in total. The zero-order valence-corrected chi connectivity index (χ0v) is 30.8. The number of unbranched alkanes of at least 4 members (excludes halogenated alkanes) is 28. The average Bonchev–Trinajstić information content (AvgIpc) is 3.05. The van der Waals surface area contributed by atoms with Gasteiger partial charge in [-0.25, -0.2) is 0 Å². The zero-order valence-electron chi connectivity index (χ0n) is 30.8. The van der Waals surface area contributed by atoms with E-state index < -0.39 is 23.8 Å². The molecule has 0 aliphatic carbocycles. The first-order valence-electron chi connectivity index (χ1n) is 19.8. The molecule has 270 valence electrons. The lowest BCUT2D eigenvalue weighted by Gasteiger charge is -2.14. The quantitative estimate of drug-likeness (QED) is 0.0531. The molecule has 0 aliphatic rings. The highest BCUT2D eigenvalue weighted by molar-refractivity contribution is 5.82. The molecule has 0 amide bonds. The first kappa shape index (κ1) is 46.3. The molecule has 46 heavy (non-hydrogen) atoms.